The molecule has 8 nitrogen and oxygen atoms in total. The topological polar surface area (TPSA) is 104 Å². The lowest BCUT2D eigenvalue weighted by atomic mass is 10.0. The number of carbonyl (C=O) groups is 3. The summed E-state index contributed by atoms with van der Waals surface area (Å²) in [6, 6.07) is 12.0. The number of rotatable bonds is 4. The van der Waals surface area contributed by atoms with Crippen molar-refractivity contribution in [1.82, 2.24) is 10.2 Å². The van der Waals surface area contributed by atoms with E-state index in [1.807, 2.05) is 19.1 Å². The first-order valence-corrected chi connectivity index (χ1v) is 11.7. The maximum absolute atomic E-state index is 12.9. The van der Waals surface area contributed by atoms with Gasteiger partial charge in [-0.3, -0.25) is 19.4 Å². The van der Waals surface area contributed by atoms with Crippen LogP contribution >= 0.6 is 0 Å². The number of hydrogen-bond donors (Lipinski definition) is 1. The monoisotopic (exact) mass is 441 g/mol. The molecule has 2 aromatic rings. The van der Waals surface area contributed by atoms with Crippen molar-refractivity contribution in [3.05, 3.63) is 59.7 Å². The molecule has 2 heterocycles. The third-order valence-electron chi connectivity index (χ3n) is 5.70. The molecular formula is C22H23N3O5S. The number of carbonyl (C=O) groups excluding carboxylic acids is 3. The lowest BCUT2D eigenvalue weighted by Gasteiger charge is -2.27. The summed E-state index contributed by atoms with van der Waals surface area (Å²) in [5.74, 6) is -1.04. The minimum atomic E-state index is -3.38. The highest BCUT2D eigenvalue weighted by Crippen LogP contribution is 2.32. The first kappa shape index (κ1) is 21.0. The minimum absolute atomic E-state index is 0.0746. The van der Waals surface area contributed by atoms with Crippen LogP contribution in [-0.2, 0) is 19.4 Å². The van der Waals surface area contributed by atoms with Gasteiger partial charge in [-0.05, 0) is 44.0 Å². The zero-order chi connectivity index (χ0) is 22.3. The SMILES string of the molecule is Cc1ccc(N2C(=O)N(CC(=O)NC3CCS(=O)(=O)c4ccccc43)C(=O)C2C)cc1. The Morgan fingerprint density at radius 2 is 1.77 bits per heavy atom. The number of fused-ring (bicyclic) bond motifs is 1. The molecule has 2 aliphatic heterocycles. The molecule has 1 N–H and O–H groups in total. The Kier molecular flexibility index (Phi) is 5.30. The van der Waals surface area contributed by atoms with Crippen LogP contribution in [0, 0.1) is 6.92 Å². The van der Waals surface area contributed by atoms with Crippen LogP contribution in [0.25, 0.3) is 0 Å². The van der Waals surface area contributed by atoms with Crippen molar-refractivity contribution in [1.29, 1.82) is 0 Å². The molecule has 0 saturated carbocycles. The van der Waals surface area contributed by atoms with Gasteiger partial charge in [-0.2, -0.15) is 0 Å². The Bertz CT molecular complexity index is 1160. The van der Waals surface area contributed by atoms with Gasteiger partial charge in [0, 0.05) is 5.69 Å². The average Bonchev–Trinajstić information content (AvgIpc) is 2.94. The van der Waals surface area contributed by atoms with Crippen molar-refractivity contribution < 1.29 is 22.8 Å². The summed E-state index contributed by atoms with van der Waals surface area (Å²) in [7, 11) is -3.38. The molecule has 4 rings (SSSR count). The molecule has 1 saturated heterocycles. The van der Waals surface area contributed by atoms with Gasteiger partial charge in [0.25, 0.3) is 5.91 Å². The normalized spacial score (nSPS) is 22.4. The second-order valence-electron chi connectivity index (χ2n) is 7.85. The summed E-state index contributed by atoms with van der Waals surface area (Å²) in [5, 5.41) is 2.79. The van der Waals surface area contributed by atoms with Crippen LogP contribution in [0.1, 0.15) is 30.5 Å². The predicted octanol–water partition coefficient (Wildman–Crippen LogP) is 2.19. The molecule has 4 amide bonds. The quantitative estimate of drug-likeness (QED) is 0.733. The van der Waals surface area contributed by atoms with Crippen molar-refractivity contribution in [2.24, 2.45) is 0 Å². The molecule has 2 aliphatic rings. The van der Waals surface area contributed by atoms with Gasteiger partial charge in [0.1, 0.15) is 12.6 Å². The molecule has 0 radical (unpaired) electrons. The first-order valence-electron chi connectivity index (χ1n) is 10.0. The number of nitrogens with zero attached hydrogens (tertiary/aromatic N) is 2. The van der Waals surface area contributed by atoms with Gasteiger partial charge in [0.2, 0.25) is 5.91 Å². The Balaban J connectivity index is 1.49. The standard InChI is InChI=1S/C22H23N3O5S/c1-14-7-9-16(10-8-14)25-15(2)21(27)24(22(25)28)13-20(26)23-18-11-12-31(29,30)19-6-4-3-5-17(18)19/h3-10,15,18H,11-13H2,1-2H3,(H,23,26). The Labute approximate surface area is 180 Å². The fraction of sp³-hybridized carbons (Fsp3) is 0.318. The van der Waals surface area contributed by atoms with E-state index in [0.29, 0.717) is 11.3 Å². The minimum Gasteiger partial charge on any atom is -0.348 e. The summed E-state index contributed by atoms with van der Waals surface area (Å²) in [6.45, 7) is 3.13. The van der Waals surface area contributed by atoms with Gasteiger partial charge in [0.05, 0.1) is 16.7 Å². The molecule has 0 aromatic heterocycles. The van der Waals surface area contributed by atoms with Crippen molar-refractivity contribution in [3.63, 3.8) is 0 Å². The molecule has 2 unspecified atom stereocenters. The number of imide groups is 1. The number of aryl methyl sites for hydroxylation is 1. The molecule has 9 heteroatoms. The maximum Gasteiger partial charge on any atom is 0.332 e. The van der Waals surface area contributed by atoms with E-state index in [2.05, 4.69) is 5.32 Å². The van der Waals surface area contributed by atoms with Crippen LogP contribution in [-0.4, -0.2) is 49.5 Å². The second kappa shape index (κ2) is 7.81. The molecule has 0 aliphatic carbocycles. The number of anilines is 1. The van der Waals surface area contributed by atoms with Crippen molar-refractivity contribution in [2.45, 2.75) is 37.2 Å². The van der Waals surface area contributed by atoms with E-state index < -0.39 is 46.3 Å². The Morgan fingerprint density at radius 3 is 2.48 bits per heavy atom. The van der Waals surface area contributed by atoms with Gasteiger partial charge >= 0.3 is 6.03 Å². The summed E-state index contributed by atoms with van der Waals surface area (Å²) in [4.78, 5) is 40.8. The van der Waals surface area contributed by atoms with Gasteiger partial charge in [0.15, 0.2) is 9.84 Å². The van der Waals surface area contributed by atoms with Gasteiger partial charge in [-0.1, -0.05) is 35.9 Å². The van der Waals surface area contributed by atoms with Crippen LogP contribution in [0.15, 0.2) is 53.4 Å². The van der Waals surface area contributed by atoms with Crippen molar-refractivity contribution >= 4 is 33.4 Å². The Hall–Kier alpha value is -3.20. The summed E-state index contributed by atoms with van der Waals surface area (Å²) < 4.78 is 24.6. The fourth-order valence-corrected chi connectivity index (χ4v) is 5.66. The highest BCUT2D eigenvalue weighted by molar-refractivity contribution is 7.91. The lowest BCUT2D eigenvalue weighted by molar-refractivity contribution is -0.132. The van der Waals surface area contributed by atoms with E-state index in [1.165, 1.54) is 11.0 Å². The first-order chi connectivity index (χ1) is 14.7. The molecular weight excluding hydrogens is 418 g/mol. The number of hydrogen-bond acceptors (Lipinski definition) is 5. The smallest absolute Gasteiger partial charge is 0.332 e. The van der Waals surface area contributed by atoms with E-state index in [1.54, 1.807) is 37.3 Å². The number of sulfone groups is 1. The van der Waals surface area contributed by atoms with Crippen molar-refractivity contribution in [3.8, 4) is 0 Å². The average molecular weight is 442 g/mol. The summed E-state index contributed by atoms with van der Waals surface area (Å²) in [5.41, 5.74) is 2.14. The zero-order valence-electron chi connectivity index (χ0n) is 17.2. The largest absolute Gasteiger partial charge is 0.348 e. The van der Waals surface area contributed by atoms with Crippen LogP contribution in [0.2, 0.25) is 0 Å². The fourth-order valence-electron chi connectivity index (χ4n) is 4.03. The molecule has 2 aromatic carbocycles. The van der Waals surface area contributed by atoms with Gasteiger partial charge < -0.3 is 5.32 Å². The van der Waals surface area contributed by atoms with E-state index in [9.17, 15) is 22.8 Å². The number of nitrogens with one attached hydrogen (secondary N) is 1. The highest BCUT2D eigenvalue weighted by Gasteiger charge is 2.44. The zero-order valence-corrected chi connectivity index (χ0v) is 18.1. The molecule has 2 atom stereocenters. The molecule has 1 fully saturated rings. The van der Waals surface area contributed by atoms with Gasteiger partial charge in [-0.25, -0.2) is 13.2 Å². The van der Waals surface area contributed by atoms with E-state index in [4.69, 9.17) is 0 Å². The number of urea groups is 1. The predicted molar refractivity (Wildman–Crippen MR) is 114 cm³/mol. The van der Waals surface area contributed by atoms with Crippen LogP contribution in [0.5, 0.6) is 0 Å². The molecule has 162 valence electrons. The molecule has 31 heavy (non-hydrogen) atoms. The Morgan fingerprint density at radius 1 is 1.10 bits per heavy atom. The highest BCUT2D eigenvalue weighted by atomic mass is 32.2. The second-order valence-corrected chi connectivity index (χ2v) is 9.93. The van der Waals surface area contributed by atoms with E-state index in [0.717, 1.165) is 10.5 Å². The van der Waals surface area contributed by atoms with Crippen molar-refractivity contribution in [2.75, 3.05) is 17.2 Å². The lowest BCUT2D eigenvalue weighted by Crippen LogP contribution is -2.43. The van der Waals surface area contributed by atoms with Crippen LogP contribution in [0.4, 0.5) is 10.5 Å². The third kappa shape index (κ3) is 3.81. The van der Waals surface area contributed by atoms with E-state index >= 15 is 0 Å². The van der Waals surface area contributed by atoms with E-state index in [-0.39, 0.29) is 17.1 Å². The summed E-state index contributed by atoms with van der Waals surface area (Å²) in [6.07, 6.45) is 0.235. The maximum atomic E-state index is 12.9. The third-order valence-corrected chi connectivity index (χ3v) is 7.52. The number of amides is 4. The molecule has 0 bridgehead atoms. The molecule has 0 spiro atoms. The number of benzene rings is 2. The van der Waals surface area contributed by atoms with Crippen LogP contribution in [0.3, 0.4) is 0 Å². The summed E-state index contributed by atoms with van der Waals surface area (Å²) >= 11 is 0. The van der Waals surface area contributed by atoms with Gasteiger partial charge in [-0.15, -0.1) is 0 Å². The van der Waals surface area contributed by atoms with Crippen LogP contribution < -0.4 is 10.2 Å².